The zero-order valence-corrected chi connectivity index (χ0v) is 18.4. The Balaban J connectivity index is -0.000000138. The topological polar surface area (TPSA) is 12.4 Å². The Morgan fingerprint density at radius 2 is 1.67 bits per heavy atom. The molecule has 1 heterocycles. The maximum atomic E-state index is 4.02. The molecule has 1 aliphatic rings. The Hall–Kier alpha value is -0.0544. The molecule has 0 spiro atoms. The van der Waals surface area contributed by atoms with Crippen molar-refractivity contribution in [1.29, 1.82) is 0 Å². The van der Waals surface area contributed by atoms with E-state index in [0.29, 0.717) is 0 Å². The van der Waals surface area contributed by atoms with E-state index >= 15 is 0 Å². The van der Waals surface area contributed by atoms with Crippen molar-refractivity contribution >= 4 is 38.2 Å². The molecule has 0 aromatic rings. The first-order chi connectivity index (χ1) is 9.41. The predicted octanol–water partition coefficient (Wildman–Crippen LogP) is 5.85. The molecule has 0 amide bonds. The van der Waals surface area contributed by atoms with Crippen LogP contribution >= 0.6 is 0 Å². The van der Waals surface area contributed by atoms with Crippen molar-refractivity contribution in [1.82, 2.24) is 0 Å². The van der Waals surface area contributed by atoms with Crippen LogP contribution in [0.25, 0.3) is 0 Å². The van der Waals surface area contributed by atoms with Crippen LogP contribution in [0.1, 0.15) is 41.0 Å². The van der Waals surface area contributed by atoms with Crippen molar-refractivity contribution in [3.05, 3.63) is 49.5 Å². The van der Waals surface area contributed by atoms with Gasteiger partial charge < -0.3 is 0 Å². The van der Waals surface area contributed by atoms with Gasteiger partial charge in [-0.05, 0) is 12.2 Å². The van der Waals surface area contributed by atoms with Gasteiger partial charge in [0, 0.05) is 37.1 Å². The van der Waals surface area contributed by atoms with E-state index in [1.54, 1.807) is 6.21 Å². The molecule has 0 aliphatic carbocycles. The molecule has 0 unspecified atom stereocenters. The van der Waals surface area contributed by atoms with E-state index in [1.807, 2.05) is 18.7 Å². The van der Waals surface area contributed by atoms with E-state index in [-0.39, 0.29) is 25.3 Å². The molecule has 1 aliphatic heterocycles. The fraction of sp³-hybridized carbons (Fsp3) is 0.500. The third-order valence-electron chi connectivity index (χ3n) is 2.04. The van der Waals surface area contributed by atoms with Gasteiger partial charge in [0.25, 0.3) is 0 Å². The quantitative estimate of drug-likeness (QED) is 0.408. The number of nitrogens with zero attached hydrogens (tertiary/aromatic N) is 1. The zero-order chi connectivity index (χ0) is 15.9. The molecule has 0 N–H and O–H groups in total. The van der Waals surface area contributed by atoms with Crippen LogP contribution in [-0.2, 0) is 0 Å². The number of hydrogen-bond donors (Lipinski definition) is 0. The SMILES string of the molecule is C[Si](C)(C)C=C=C1[CH]N=CC=C1.[CH2]CCC.[CH2]CCC.[HH].[Sn]. The first kappa shape index (κ1) is 25.9. The van der Waals surface area contributed by atoms with Gasteiger partial charge in [0.05, 0.1) is 8.07 Å². The Morgan fingerprint density at radius 1 is 1.19 bits per heavy atom. The van der Waals surface area contributed by atoms with Crippen LogP contribution in [0.5, 0.6) is 0 Å². The average molecular weight is 411 g/mol. The summed E-state index contributed by atoms with van der Waals surface area (Å²) in [7, 11) is -1.10. The van der Waals surface area contributed by atoms with Crippen molar-refractivity contribution < 1.29 is 1.43 Å². The van der Waals surface area contributed by atoms with Crippen molar-refractivity contribution in [3.8, 4) is 0 Å². The van der Waals surface area contributed by atoms with Crippen LogP contribution in [0.15, 0.2) is 34.1 Å². The molecule has 119 valence electrons. The number of dihydropyridines is 1. The fourth-order valence-electron chi connectivity index (χ4n) is 0.748. The van der Waals surface area contributed by atoms with Crippen LogP contribution in [0.3, 0.4) is 0 Å². The standard InChI is InChI=1S/C10H14NSi.2C4H9.Sn.H2/c1-12(2,3)8-6-10-5-4-7-11-9-10;2*1-3-4-2;;/h4-5,7-9H,1-3H3;2*1,3-4H2,2H3;;1H. The molecule has 0 atom stereocenters. The van der Waals surface area contributed by atoms with Crippen molar-refractivity contribution in [2.45, 2.75) is 59.2 Å². The van der Waals surface area contributed by atoms with Gasteiger partial charge in [-0.2, -0.15) is 0 Å². The van der Waals surface area contributed by atoms with Crippen LogP contribution in [-0.4, -0.2) is 38.2 Å². The van der Waals surface area contributed by atoms with E-state index in [2.05, 4.69) is 63.8 Å². The first-order valence-electron chi connectivity index (χ1n) is 7.50. The predicted molar refractivity (Wildman–Crippen MR) is 105 cm³/mol. The van der Waals surface area contributed by atoms with Crippen molar-refractivity contribution in [2.24, 2.45) is 4.99 Å². The summed E-state index contributed by atoms with van der Waals surface area (Å²) in [5.74, 6) is 0. The smallest absolute Gasteiger partial charge is 0.109 e. The molecule has 0 saturated carbocycles. The fourth-order valence-corrected chi connectivity index (χ4v) is 1.35. The van der Waals surface area contributed by atoms with Gasteiger partial charge in [0.2, 0.25) is 0 Å². The van der Waals surface area contributed by atoms with Crippen LogP contribution in [0.4, 0.5) is 0 Å². The van der Waals surface area contributed by atoms with E-state index in [4.69, 9.17) is 0 Å². The summed E-state index contributed by atoms with van der Waals surface area (Å²) in [6, 6.07) is 0. The average Bonchev–Trinajstić information content (AvgIpc) is 2.46. The monoisotopic (exact) mass is 412 g/mol. The van der Waals surface area contributed by atoms with E-state index in [1.165, 1.54) is 12.8 Å². The number of allylic oxidation sites excluding steroid dienone is 1. The number of aliphatic imine (C=N–C) groups is 1. The van der Waals surface area contributed by atoms with E-state index in [0.717, 1.165) is 18.4 Å². The molecule has 0 aromatic heterocycles. The van der Waals surface area contributed by atoms with Gasteiger partial charge >= 0.3 is 0 Å². The maximum absolute atomic E-state index is 4.02. The van der Waals surface area contributed by atoms with Gasteiger partial charge in [-0.15, -0.1) is 5.73 Å². The van der Waals surface area contributed by atoms with Gasteiger partial charge in [0.1, 0.15) is 6.54 Å². The molecule has 3 heteroatoms. The van der Waals surface area contributed by atoms with E-state index < -0.39 is 8.07 Å². The van der Waals surface area contributed by atoms with Gasteiger partial charge in [-0.25, -0.2) is 0 Å². The van der Waals surface area contributed by atoms with Gasteiger partial charge in [0.15, 0.2) is 0 Å². The van der Waals surface area contributed by atoms with Gasteiger partial charge in [-0.1, -0.05) is 78.7 Å². The number of unbranched alkanes of at least 4 members (excludes halogenated alkanes) is 2. The Morgan fingerprint density at radius 3 is 1.95 bits per heavy atom. The normalized spacial score (nSPS) is 12.0. The third-order valence-corrected chi connectivity index (χ3v) is 3.05. The summed E-state index contributed by atoms with van der Waals surface area (Å²) in [6.07, 6.45) is 10.3. The van der Waals surface area contributed by atoms with Gasteiger partial charge in [-0.3, -0.25) is 4.99 Å². The molecule has 7 radical (unpaired) electrons. The van der Waals surface area contributed by atoms with E-state index in [9.17, 15) is 0 Å². The summed E-state index contributed by atoms with van der Waals surface area (Å²) in [6.45, 7) is 20.1. The minimum absolute atomic E-state index is 0. The minimum Gasteiger partial charge on any atom is -0.282 e. The van der Waals surface area contributed by atoms with Crippen molar-refractivity contribution in [2.75, 3.05) is 0 Å². The van der Waals surface area contributed by atoms with Crippen molar-refractivity contribution in [3.63, 3.8) is 0 Å². The molecule has 0 aromatic carbocycles. The number of hydrogen-bond acceptors (Lipinski definition) is 1. The first-order valence-corrected chi connectivity index (χ1v) is 11.1. The molecule has 0 fully saturated rings. The maximum Gasteiger partial charge on any atom is 0.109 e. The zero-order valence-electron chi connectivity index (χ0n) is 14.6. The summed E-state index contributed by atoms with van der Waals surface area (Å²) in [5.41, 5.74) is 6.53. The second kappa shape index (κ2) is 18.0. The Labute approximate surface area is 153 Å². The number of rotatable bonds is 3. The molecule has 1 rings (SSSR count). The minimum atomic E-state index is -1.10. The van der Waals surface area contributed by atoms with Crippen LogP contribution in [0.2, 0.25) is 19.6 Å². The molecule has 0 saturated heterocycles. The largest absolute Gasteiger partial charge is 0.282 e. The van der Waals surface area contributed by atoms with Crippen LogP contribution < -0.4 is 0 Å². The molecule has 0 bridgehead atoms. The summed E-state index contributed by atoms with van der Waals surface area (Å²) in [4.78, 5) is 4.02. The molecular formula is C18H34NSiSn. The Kier molecular flexibility index (Phi) is 22.2. The third kappa shape index (κ3) is 25.3. The van der Waals surface area contributed by atoms with Crippen LogP contribution in [0, 0.1) is 20.4 Å². The molecule has 21 heavy (non-hydrogen) atoms. The second-order valence-electron chi connectivity index (χ2n) is 5.60. The summed E-state index contributed by atoms with van der Waals surface area (Å²) < 4.78 is 0. The Bertz CT molecular complexity index is 329. The second-order valence-corrected chi connectivity index (χ2v) is 10.6. The molecular weight excluding hydrogens is 377 g/mol. The summed E-state index contributed by atoms with van der Waals surface area (Å²) >= 11 is 0. The summed E-state index contributed by atoms with van der Waals surface area (Å²) in [5, 5.41) is 0. The molecule has 1 nitrogen and oxygen atoms in total.